The highest BCUT2D eigenvalue weighted by molar-refractivity contribution is 7.99. The Morgan fingerprint density at radius 1 is 1.04 bits per heavy atom. The number of rotatable bonds is 17. The van der Waals surface area contributed by atoms with E-state index in [2.05, 4.69) is 68.2 Å². The van der Waals surface area contributed by atoms with Crippen LogP contribution >= 0.6 is 11.8 Å². The maximum absolute atomic E-state index is 13.6. The highest BCUT2D eigenvalue weighted by Crippen LogP contribution is 2.24. The second-order valence-corrected chi connectivity index (χ2v) is 15.4. The first kappa shape index (κ1) is 38.1. The Morgan fingerprint density at radius 3 is 2.47 bits per heavy atom. The van der Waals surface area contributed by atoms with Crippen LogP contribution in [0.5, 0.6) is 0 Å². The number of carbonyl (C=O) groups is 2. The zero-order valence-corrected chi connectivity index (χ0v) is 31.2. The number of nitrogens with one attached hydrogen (secondary N) is 1. The molecule has 1 aliphatic rings. The highest BCUT2D eigenvalue weighted by Gasteiger charge is 2.29. The summed E-state index contributed by atoms with van der Waals surface area (Å²) in [6.45, 7) is 13.2. The van der Waals surface area contributed by atoms with Gasteiger partial charge in [0.1, 0.15) is 11.4 Å². The second kappa shape index (κ2) is 18.9. The molecule has 0 bridgehead atoms. The lowest BCUT2D eigenvalue weighted by Crippen LogP contribution is -2.44. The van der Waals surface area contributed by atoms with Crippen molar-refractivity contribution in [2.75, 3.05) is 37.8 Å². The number of anilines is 1. The molecule has 1 N–H and O–H groups in total. The summed E-state index contributed by atoms with van der Waals surface area (Å²) in [4.78, 5) is 38.7. The van der Waals surface area contributed by atoms with Gasteiger partial charge in [-0.3, -0.25) is 4.79 Å². The van der Waals surface area contributed by atoms with Gasteiger partial charge in [-0.25, -0.2) is 14.8 Å². The summed E-state index contributed by atoms with van der Waals surface area (Å²) in [5.41, 5.74) is 1.55. The molecule has 1 aromatic carbocycles. The molecule has 0 saturated carbocycles. The smallest absolute Gasteiger partial charge is 0.410 e. The van der Waals surface area contributed by atoms with E-state index >= 15 is 0 Å². The van der Waals surface area contributed by atoms with Crippen molar-refractivity contribution in [2.45, 2.75) is 110 Å². The number of amides is 2. The van der Waals surface area contributed by atoms with Crippen molar-refractivity contribution in [3.05, 3.63) is 59.7 Å². The molecule has 11 nitrogen and oxygen atoms in total. The molecular weight excluding hydrogens is 637 g/mol. The number of benzene rings is 1. The number of piperidine rings is 1. The molecule has 3 aromatic rings. The third-order valence-corrected chi connectivity index (χ3v) is 9.52. The number of aromatic nitrogens is 5. The van der Waals surface area contributed by atoms with Gasteiger partial charge in [0.25, 0.3) is 0 Å². The SMILES string of the molecule is CNc1nccc(CN(CC2CCN(C(=O)OC(C)(C)C)CC2)C(=O)CCCCCCSc2nnc(CC(C)C)n2Cc2ccccc2)n1. The normalized spacial score (nSPS) is 13.9. The van der Waals surface area contributed by atoms with Gasteiger partial charge >= 0.3 is 6.09 Å². The summed E-state index contributed by atoms with van der Waals surface area (Å²) in [5.74, 6) is 3.54. The fourth-order valence-electron chi connectivity index (χ4n) is 5.91. The van der Waals surface area contributed by atoms with Crippen molar-refractivity contribution >= 4 is 29.7 Å². The zero-order chi connectivity index (χ0) is 35.2. The predicted octanol–water partition coefficient (Wildman–Crippen LogP) is 7.08. The number of likely N-dealkylation sites (tertiary alicyclic amines) is 1. The van der Waals surface area contributed by atoms with E-state index in [1.807, 2.05) is 37.8 Å². The molecule has 268 valence electrons. The van der Waals surface area contributed by atoms with Crippen molar-refractivity contribution in [1.82, 2.24) is 34.5 Å². The number of thioether (sulfide) groups is 1. The lowest BCUT2D eigenvalue weighted by molar-refractivity contribution is -0.133. The van der Waals surface area contributed by atoms with E-state index in [1.54, 1.807) is 29.9 Å². The second-order valence-electron chi connectivity index (χ2n) is 14.4. The molecule has 0 atom stereocenters. The van der Waals surface area contributed by atoms with Crippen molar-refractivity contribution in [3.8, 4) is 0 Å². The minimum atomic E-state index is -0.514. The van der Waals surface area contributed by atoms with Crippen LogP contribution in [0.1, 0.15) is 96.6 Å². The number of hydrogen-bond acceptors (Lipinski definition) is 9. The van der Waals surface area contributed by atoms with Crippen molar-refractivity contribution in [3.63, 3.8) is 0 Å². The molecule has 2 amide bonds. The average molecular weight is 693 g/mol. The van der Waals surface area contributed by atoms with Gasteiger partial charge in [0, 0.05) is 51.5 Å². The first-order valence-corrected chi connectivity index (χ1v) is 18.8. The van der Waals surface area contributed by atoms with Crippen LogP contribution in [0.25, 0.3) is 0 Å². The van der Waals surface area contributed by atoms with Gasteiger partial charge < -0.3 is 24.4 Å². The number of nitrogens with zero attached hydrogens (tertiary/aromatic N) is 7. The molecule has 2 aromatic heterocycles. The van der Waals surface area contributed by atoms with E-state index in [9.17, 15) is 9.59 Å². The van der Waals surface area contributed by atoms with Crippen LogP contribution in [0.4, 0.5) is 10.7 Å². The number of unbranched alkanes of at least 4 members (excludes halogenated alkanes) is 3. The molecule has 49 heavy (non-hydrogen) atoms. The van der Waals surface area contributed by atoms with E-state index in [0.717, 1.165) is 73.9 Å². The molecule has 0 aliphatic carbocycles. The molecule has 0 spiro atoms. The van der Waals surface area contributed by atoms with Crippen molar-refractivity contribution in [2.24, 2.45) is 11.8 Å². The minimum Gasteiger partial charge on any atom is -0.444 e. The Balaban J connectivity index is 1.25. The van der Waals surface area contributed by atoms with Gasteiger partial charge in [0.15, 0.2) is 5.16 Å². The molecule has 1 fully saturated rings. The maximum Gasteiger partial charge on any atom is 0.410 e. The monoisotopic (exact) mass is 692 g/mol. The minimum absolute atomic E-state index is 0.153. The molecule has 1 saturated heterocycles. The van der Waals surface area contributed by atoms with Crippen LogP contribution in [0.2, 0.25) is 0 Å². The molecule has 0 unspecified atom stereocenters. The summed E-state index contributed by atoms with van der Waals surface area (Å²) in [5, 5.41) is 13.1. The van der Waals surface area contributed by atoms with Crippen molar-refractivity contribution in [1.29, 1.82) is 0 Å². The molecule has 3 heterocycles. The van der Waals surface area contributed by atoms with Crippen LogP contribution in [0, 0.1) is 11.8 Å². The van der Waals surface area contributed by atoms with E-state index in [4.69, 9.17) is 4.74 Å². The Hall–Kier alpha value is -3.67. The average Bonchev–Trinajstić information content (AvgIpc) is 3.43. The number of carbonyl (C=O) groups excluding carboxylic acids is 2. The van der Waals surface area contributed by atoms with Gasteiger partial charge in [-0.2, -0.15) is 0 Å². The van der Waals surface area contributed by atoms with E-state index < -0.39 is 5.60 Å². The van der Waals surface area contributed by atoms with E-state index in [-0.39, 0.29) is 12.0 Å². The summed E-state index contributed by atoms with van der Waals surface area (Å²) in [6.07, 6.45) is 8.53. The maximum atomic E-state index is 13.6. The summed E-state index contributed by atoms with van der Waals surface area (Å²) >= 11 is 1.78. The van der Waals surface area contributed by atoms with E-state index in [1.165, 1.54) is 5.56 Å². The first-order valence-electron chi connectivity index (χ1n) is 17.8. The topological polar surface area (TPSA) is 118 Å². The van der Waals surface area contributed by atoms with Crippen LogP contribution in [0.15, 0.2) is 47.8 Å². The van der Waals surface area contributed by atoms with Gasteiger partial charge in [0.05, 0.1) is 18.8 Å². The molecule has 4 rings (SSSR count). The molecule has 1 aliphatic heterocycles. The standard InChI is InChI=1S/C37H56N8O3S/c1-28(2)24-32-41-42-35(45(32)26-29-14-10-9-11-15-29)49-23-13-8-7-12-16-33(46)44(27-31-17-20-39-34(38-6)40-31)25-30-18-21-43(22-19-30)36(47)48-37(3,4)5/h9-11,14-15,17,20,28,30H,7-8,12-13,16,18-19,21-27H2,1-6H3,(H,38,39,40). The molecule has 0 radical (unpaired) electrons. The molecular formula is C37H56N8O3S. The van der Waals surface area contributed by atoms with Crippen LogP contribution in [-0.2, 0) is 29.0 Å². The Kier molecular flexibility index (Phi) is 14.7. The largest absolute Gasteiger partial charge is 0.444 e. The van der Waals surface area contributed by atoms with Crippen LogP contribution in [-0.4, -0.2) is 84.6 Å². The van der Waals surface area contributed by atoms with Crippen LogP contribution < -0.4 is 5.32 Å². The van der Waals surface area contributed by atoms with Gasteiger partial charge in [-0.15, -0.1) is 10.2 Å². The fourth-order valence-corrected chi connectivity index (χ4v) is 6.87. The summed E-state index contributed by atoms with van der Waals surface area (Å²) < 4.78 is 7.84. The Labute approximate surface area is 297 Å². The number of hydrogen-bond donors (Lipinski definition) is 1. The lowest BCUT2D eigenvalue weighted by Gasteiger charge is -2.35. The quantitative estimate of drug-likeness (QED) is 0.117. The zero-order valence-electron chi connectivity index (χ0n) is 30.4. The lowest BCUT2D eigenvalue weighted by atomic mass is 9.96. The van der Waals surface area contributed by atoms with Gasteiger partial charge in [-0.05, 0) is 69.9 Å². The Bertz CT molecular complexity index is 1450. The highest BCUT2D eigenvalue weighted by atomic mass is 32.2. The molecule has 12 heteroatoms. The fraction of sp³-hybridized carbons (Fsp3) is 0.622. The predicted molar refractivity (Wildman–Crippen MR) is 195 cm³/mol. The van der Waals surface area contributed by atoms with E-state index in [0.29, 0.717) is 50.4 Å². The number of ether oxygens (including phenoxy) is 1. The third-order valence-electron chi connectivity index (χ3n) is 8.47. The first-order chi connectivity index (χ1) is 23.5. The van der Waals surface area contributed by atoms with Crippen molar-refractivity contribution < 1.29 is 14.3 Å². The van der Waals surface area contributed by atoms with Gasteiger partial charge in [0.2, 0.25) is 11.9 Å². The third kappa shape index (κ3) is 12.9. The Morgan fingerprint density at radius 2 is 1.78 bits per heavy atom. The van der Waals surface area contributed by atoms with Crippen LogP contribution in [0.3, 0.4) is 0 Å². The van der Waals surface area contributed by atoms with Gasteiger partial charge in [-0.1, -0.05) is 68.8 Å². The summed E-state index contributed by atoms with van der Waals surface area (Å²) in [6, 6.07) is 12.4. The summed E-state index contributed by atoms with van der Waals surface area (Å²) in [7, 11) is 1.79.